The van der Waals surface area contributed by atoms with Crippen LogP contribution < -0.4 is 10.6 Å². The topological polar surface area (TPSA) is 44.4 Å². The van der Waals surface area contributed by atoms with Crippen molar-refractivity contribution in [1.29, 1.82) is 0 Å². The molecule has 1 heterocycles. The van der Waals surface area contributed by atoms with Crippen LogP contribution in [-0.4, -0.2) is 43.5 Å². The van der Waals surface area contributed by atoms with Gasteiger partial charge in [0.2, 0.25) is 5.91 Å². The smallest absolute Gasteiger partial charge is 0.239 e. The molecule has 0 saturated carbocycles. The number of carbonyl (C=O) groups is 1. The van der Waals surface area contributed by atoms with Crippen LogP contribution in [0.4, 0.5) is 5.69 Å². The van der Waals surface area contributed by atoms with E-state index in [0.29, 0.717) is 6.54 Å². The Labute approximate surface area is 108 Å². The van der Waals surface area contributed by atoms with Crippen molar-refractivity contribution >= 4 is 11.6 Å². The minimum atomic E-state index is 0.0537. The normalized spacial score (nSPS) is 15.6. The average molecular weight is 247 g/mol. The van der Waals surface area contributed by atoms with E-state index in [0.717, 1.165) is 18.8 Å². The second kappa shape index (κ2) is 7.01. The van der Waals surface area contributed by atoms with E-state index >= 15 is 0 Å². The fourth-order valence-corrected chi connectivity index (χ4v) is 2.16. The molecular weight excluding hydrogens is 226 g/mol. The van der Waals surface area contributed by atoms with E-state index in [-0.39, 0.29) is 5.91 Å². The zero-order chi connectivity index (χ0) is 12.6. The number of anilines is 1. The Morgan fingerprint density at radius 3 is 2.61 bits per heavy atom. The molecule has 1 aliphatic heterocycles. The van der Waals surface area contributed by atoms with E-state index in [9.17, 15) is 4.79 Å². The van der Waals surface area contributed by atoms with Crippen LogP contribution in [0.2, 0.25) is 0 Å². The van der Waals surface area contributed by atoms with Crippen molar-refractivity contribution in [3.05, 3.63) is 30.3 Å². The molecule has 0 aliphatic carbocycles. The molecule has 1 saturated heterocycles. The highest BCUT2D eigenvalue weighted by Gasteiger charge is 2.10. The molecule has 1 fully saturated rings. The maximum absolute atomic E-state index is 11.6. The predicted molar refractivity (Wildman–Crippen MR) is 73.6 cm³/mol. The summed E-state index contributed by atoms with van der Waals surface area (Å²) in [6.07, 6.45) is 2.59. The first-order chi connectivity index (χ1) is 8.84. The molecule has 0 aromatic heterocycles. The summed E-state index contributed by atoms with van der Waals surface area (Å²) >= 11 is 0. The highest BCUT2D eigenvalue weighted by molar-refractivity contribution is 5.80. The molecule has 1 amide bonds. The van der Waals surface area contributed by atoms with Gasteiger partial charge in [0, 0.05) is 18.8 Å². The van der Waals surface area contributed by atoms with Crippen molar-refractivity contribution < 1.29 is 4.79 Å². The van der Waals surface area contributed by atoms with Gasteiger partial charge in [-0.3, -0.25) is 4.79 Å². The van der Waals surface area contributed by atoms with E-state index < -0.39 is 0 Å². The van der Waals surface area contributed by atoms with Gasteiger partial charge in [0.1, 0.15) is 0 Å². The fraction of sp³-hybridized carbons (Fsp3) is 0.500. The van der Waals surface area contributed by atoms with Gasteiger partial charge in [-0.2, -0.15) is 0 Å². The molecule has 2 N–H and O–H groups in total. The molecule has 2 rings (SSSR count). The lowest BCUT2D eigenvalue weighted by Crippen LogP contribution is -2.36. The van der Waals surface area contributed by atoms with Gasteiger partial charge in [-0.15, -0.1) is 0 Å². The van der Waals surface area contributed by atoms with Gasteiger partial charge in [-0.1, -0.05) is 18.2 Å². The first kappa shape index (κ1) is 12.9. The Bertz CT molecular complexity index is 361. The lowest BCUT2D eigenvalue weighted by atomic mass is 10.3. The molecule has 0 radical (unpaired) electrons. The number of nitrogens with zero attached hydrogens (tertiary/aromatic N) is 1. The fourth-order valence-electron chi connectivity index (χ4n) is 2.16. The molecule has 0 spiro atoms. The van der Waals surface area contributed by atoms with Crippen molar-refractivity contribution in [1.82, 2.24) is 10.2 Å². The molecule has 1 aliphatic rings. The summed E-state index contributed by atoms with van der Waals surface area (Å²) < 4.78 is 0. The Morgan fingerprint density at radius 2 is 1.89 bits per heavy atom. The Hall–Kier alpha value is -1.55. The molecule has 1 aromatic rings. The molecule has 0 bridgehead atoms. The third-order valence-corrected chi connectivity index (χ3v) is 3.18. The zero-order valence-electron chi connectivity index (χ0n) is 10.7. The first-order valence-corrected chi connectivity index (χ1v) is 6.62. The lowest BCUT2D eigenvalue weighted by Gasteiger charge is -2.14. The van der Waals surface area contributed by atoms with E-state index in [1.54, 1.807) is 0 Å². The van der Waals surface area contributed by atoms with Crippen LogP contribution in [0, 0.1) is 0 Å². The van der Waals surface area contributed by atoms with Crippen molar-refractivity contribution in [3.63, 3.8) is 0 Å². The third kappa shape index (κ3) is 4.37. The van der Waals surface area contributed by atoms with E-state index in [2.05, 4.69) is 15.5 Å². The van der Waals surface area contributed by atoms with Crippen molar-refractivity contribution in [2.24, 2.45) is 0 Å². The minimum absolute atomic E-state index is 0.0537. The van der Waals surface area contributed by atoms with Crippen molar-refractivity contribution in [3.8, 4) is 0 Å². The summed E-state index contributed by atoms with van der Waals surface area (Å²) in [5.41, 5.74) is 0.979. The molecule has 0 atom stereocenters. The van der Waals surface area contributed by atoms with Gasteiger partial charge < -0.3 is 15.5 Å². The minimum Gasteiger partial charge on any atom is -0.376 e. The highest BCUT2D eigenvalue weighted by Crippen LogP contribution is 2.05. The second-order valence-corrected chi connectivity index (χ2v) is 4.62. The van der Waals surface area contributed by atoms with Gasteiger partial charge >= 0.3 is 0 Å². The Kier molecular flexibility index (Phi) is 5.02. The van der Waals surface area contributed by atoms with Crippen LogP contribution in [0.3, 0.4) is 0 Å². The zero-order valence-corrected chi connectivity index (χ0v) is 10.7. The summed E-state index contributed by atoms with van der Waals surface area (Å²) in [6, 6.07) is 9.78. The number of rotatable bonds is 6. The number of hydrogen-bond donors (Lipinski definition) is 2. The standard InChI is InChI=1S/C14H21N3O/c18-14(12-16-13-6-2-1-3-7-13)15-8-11-17-9-4-5-10-17/h1-3,6-7,16H,4-5,8-12H2,(H,15,18). The number of amides is 1. The van der Waals surface area contributed by atoms with Crippen LogP contribution in [0.25, 0.3) is 0 Å². The average Bonchev–Trinajstić information content (AvgIpc) is 2.91. The Balaban J connectivity index is 1.57. The second-order valence-electron chi connectivity index (χ2n) is 4.62. The molecule has 4 nitrogen and oxygen atoms in total. The summed E-state index contributed by atoms with van der Waals surface area (Å²) in [5, 5.41) is 6.03. The molecule has 0 unspecified atom stereocenters. The van der Waals surface area contributed by atoms with Crippen LogP contribution in [0.15, 0.2) is 30.3 Å². The van der Waals surface area contributed by atoms with Crippen LogP contribution in [-0.2, 0) is 4.79 Å². The quantitative estimate of drug-likeness (QED) is 0.796. The summed E-state index contributed by atoms with van der Waals surface area (Å²) in [6.45, 7) is 4.41. The van der Waals surface area contributed by atoms with Gasteiger partial charge in [-0.25, -0.2) is 0 Å². The van der Waals surface area contributed by atoms with Gasteiger partial charge in [0.15, 0.2) is 0 Å². The van der Waals surface area contributed by atoms with Gasteiger partial charge in [0.05, 0.1) is 6.54 Å². The van der Waals surface area contributed by atoms with E-state index in [1.165, 1.54) is 25.9 Å². The SMILES string of the molecule is O=C(CNc1ccccc1)NCCN1CCCC1. The highest BCUT2D eigenvalue weighted by atomic mass is 16.1. The van der Waals surface area contributed by atoms with Crippen LogP contribution in [0.1, 0.15) is 12.8 Å². The summed E-state index contributed by atoms with van der Waals surface area (Å²) in [7, 11) is 0. The maximum atomic E-state index is 11.6. The first-order valence-electron chi connectivity index (χ1n) is 6.62. The van der Waals surface area contributed by atoms with Crippen molar-refractivity contribution in [2.45, 2.75) is 12.8 Å². The molecule has 18 heavy (non-hydrogen) atoms. The molecule has 1 aromatic carbocycles. The van der Waals surface area contributed by atoms with Crippen LogP contribution in [0.5, 0.6) is 0 Å². The monoisotopic (exact) mass is 247 g/mol. The van der Waals surface area contributed by atoms with Crippen molar-refractivity contribution in [2.75, 3.05) is 38.0 Å². The number of benzene rings is 1. The number of likely N-dealkylation sites (tertiary alicyclic amines) is 1. The van der Waals surface area contributed by atoms with Gasteiger partial charge in [-0.05, 0) is 38.1 Å². The maximum Gasteiger partial charge on any atom is 0.239 e. The Morgan fingerprint density at radius 1 is 1.17 bits per heavy atom. The van der Waals surface area contributed by atoms with Gasteiger partial charge in [0.25, 0.3) is 0 Å². The lowest BCUT2D eigenvalue weighted by molar-refractivity contribution is -0.119. The summed E-state index contributed by atoms with van der Waals surface area (Å²) in [4.78, 5) is 14.0. The number of carbonyl (C=O) groups excluding carboxylic acids is 1. The molecule has 4 heteroatoms. The predicted octanol–water partition coefficient (Wildman–Crippen LogP) is 1.31. The number of para-hydroxylation sites is 1. The largest absolute Gasteiger partial charge is 0.376 e. The van der Waals surface area contributed by atoms with Crippen LogP contribution >= 0.6 is 0 Å². The third-order valence-electron chi connectivity index (χ3n) is 3.18. The molecule has 98 valence electrons. The van der Waals surface area contributed by atoms with E-state index in [4.69, 9.17) is 0 Å². The molecular formula is C14H21N3O. The number of nitrogens with one attached hydrogen (secondary N) is 2. The summed E-state index contributed by atoms with van der Waals surface area (Å²) in [5.74, 6) is 0.0537. The van der Waals surface area contributed by atoms with E-state index in [1.807, 2.05) is 30.3 Å². The number of hydrogen-bond acceptors (Lipinski definition) is 3.